The Morgan fingerprint density at radius 1 is 1.28 bits per heavy atom. The van der Waals surface area contributed by atoms with Gasteiger partial charge in [0.25, 0.3) is 0 Å². The number of methoxy groups -OCH3 is 1. The molecule has 0 amide bonds. The van der Waals surface area contributed by atoms with Gasteiger partial charge < -0.3 is 10.1 Å². The van der Waals surface area contributed by atoms with Gasteiger partial charge in [-0.25, -0.2) is 0 Å². The maximum atomic E-state index is 12.9. The number of ether oxygens (including phenoxy) is 1. The molecule has 1 atom stereocenters. The van der Waals surface area contributed by atoms with E-state index in [2.05, 4.69) is 25.2 Å². The lowest BCUT2D eigenvalue weighted by molar-refractivity contribution is -0.118. The molecule has 130 valence electrons. The first-order valence-corrected chi connectivity index (χ1v) is 8.56. The van der Waals surface area contributed by atoms with E-state index < -0.39 is 0 Å². The first-order chi connectivity index (χ1) is 11.8. The normalized spacial score (nSPS) is 22.2. The van der Waals surface area contributed by atoms with Crippen molar-refractivity contribution < 1.29 is 9.53 Å². The molecule has 0 saturated heterocycles. The maximum absolute atomic E-state index is 12.9. The smallest absolute Gasteiger partial charge is 0.162 e. The van der Waals surface area contributed by atoms with Crippen molar-refractivity contribution in [3.05, 3.63) is 51.9 Å². The van der Waals surface area contributed by atoms with Crippen LogP contribution in [0.5, 0.6) is 5.75 Å². The number of hydrogen-bond acceptors (Lipinski definition) is 4. The maximum Gasteiger partial charge on any atom is 0.162 e. The summed E-state index contributed by atoms with van der Waals surface area (Å²) in [5.74, 6) is 0.647. The van der Waals surface area contributed by atoms with Crippen molar-refractivity contribution in [2.75, 3.05) is 7.11 Å². The molecule has 1 unspecified atom stereocenters. The number of Topliss-reactive ketones (excluding diaryl/α,β-unsaturated/α-hetero) is 1. The Hall–Kier alpha value is -2.54. The monoisotopic (exact) mass is 336 g/mol. The molecule has 1 aromatic rings. The second-order valence-electron chi connectivity index (χ2n) is 7.77. The van der Waals surface area contributed by atoms with Gasteiger partial charge in [-0.1, -0.05) is 26.0 Å². The lowest BCUT2D eigenvalue weighted by atomic mass is 9.69. The first kappa shape index (κ1) is 17.3. The topological polar surface area (TPSA) is 62.1 Å². The number of allylic oxidation sites excluding steroid dienone is 4. The zero-order valence-corrected chi connectivity index (χ0v) is 15.5. The van der Waals surface area contributed by atoms with Crippen molar-refractivity contribution in [1.29, 1.82) is 5.26 Å². The van der Waals surface area contributed by atoms with Gasteiger partial charge in [0, 0.05) is 23.4 Å². The molecule has 1 N–H and O–H groups in total. The van der Waals surface area contributed by atoms with Crippen LogP contribution in [0.2, 0.25) is 0 Å². The predicted octanol–water partition coefficient (Wildman–Crippen LogP) is 4.13. The minimum Gasteiger partial charge on any atom is -0.496 e. The lowest BCUT2D eigenvalue weighted by Gasteiger charge is -2.38. The van der Waals surface area contributed by atoms with Crippen molar-refractivity contribution in [1.82, 2.24) is 5.32 Å². The highest BCUT2D eigenvalue weighted by Crippen LogP contribution is 2.46. The van der Waals surface area contributed by atoms with Crippen LogP contribution in [0.25, 0.3) is 0 Å². The molecule has 0 bridgehead atoms. The van der Waals surface area contributed by atoms with Crippen LogP contribution in [0.4, 0.5) is 0 Å². The van der Waals surface area contributed by atoms with Crippen molar-refractivity contribution in [3.8, 4) is 11.8 Å². The molecule has 1 aromatic carbocycles. The fraction of sp³-hybridized carbons (Fsp3) is 0.429. The molecular weight excluding hydrogens is 312 g/mol. The molecule has 4 heteroatoms. The van der Waals surface area contributed by atoms with E-state index in [0.717, 1.165) is 40.3 Å². The second-order valence-corrected chi connectivity index (χ2v) is 7.77. The number of aryl methyl sites for hydroxylation is 1. The zero-order chi connectivity index (χ0) is 18.4. The Kier molecular flexibility index (Phi) is 4.20. The van der Waals surface area contributed by atoms with Crippen LogP contribution in [0.1, 0.15) is 50.7 Å². The molecule has 0 spiro atoms. The lowest BCUT2D eigenvalue weighted by Crippen LogP contribution is -2.36. The third kappa shape index (κ3) is 2.95. The molecule has 1 aliphatic carbocycles. The summed E-state index contributed by atoms with van der Waals surface area (Å²) in [6.07, 6.45) is 1.33. The van der Waals surface area contributed by atoms with E-state index in [0.29, 0.717) is 12.0 Å². The van der Waals surface area contributed by atoms with Crippen LogP contribution in [0.3, 0.4) is 0 Å². The standard InChI is InChI=1S/C21H24N2O2/c1-12-8-14(6-7-18(12)25-5)19-15(11-22)13(2)23-16-9-21(3,4)10-17(24)20(16)19/h6-8,19,23H,9-10H2,1-5H3. The number of dihydropyridines is 1. The van der Waals surface area contributed by atoms with Crippen molar-refractivity contribution in [2.45, 2.75) is 46.5 Å². The van der Waals surface area contributed by atoms with Gasteiger partial charge in [-0.2, -0.15) is 5.26 Å². The molecule has 25 heavy (non-hydrogen) atoms. The van der Waals surface area contributed by atoms with E-state index in [1.165, 1.54) is 0 Å². The SMILES string of the molecule is COc1ccc(C2C(C#N)=C(C)NC3=C2C(=O)CC(C)(C)C3)cc1C. The van der Waals surface area contributed by atoms with E-state index in [-0.39, 0.29) is 17.1 Å². The van der Waals surface area contributed by atoms with Crippen LogP contribution in [-0.2, 0) is 4.79 Å². The summed E-state index contributed by atoms with van der Waals surface area (Å²) in [6, 6.07) is 8.22. The van der Waals surface area contributed by atoms with Crippen molar-refractivity contribution in [2.24, 2.45) is 5.41 Å². The molecule has 1 aliphatic heterocycles. The molecule has 4 nitrogen and oxygen atoms in total. The van der Waals surface area contributed by atoms with Gasteiger partial charge in [0.05, 0.1) is 24.7 Å². The summed E-state index contributed by atoms with van der Waals surface area (Å²) < 4.78 is 5.35. The first-order valence-electron chi connectivity index (χ1n) is 8.56. The summed E-state index contributed by atoms with van der Waals surface area (Å²) in [4.78, 5) is 12.9. The Bertz CT molecular complexity index is 853. The van der Waals surface area contributed by atoms with Gasteiger partial charge in [-0.15, -0.1) is 0 Å². The van der Waals surface area contributed by atoms with Crippen molar-refractivity contribution in [3.63, 3.8) is 0 Å². The second kappa shape index (κ2) is 6.07. The van der Waals surface area contributed by atoms with Gasteiger partial charge in [-0.05, 0) is 42.9 Å². The Morgan fingerprint density at radius 3 is 2.60 bits per heavy atom. The Morgan fingerprint density at radius 2 is 2.00 bits per heavy atom. The molecule has 1 heterocycles. The zero-order valence-electron chi connectivity index (χ0n) is 15.5. The summed E-state index contributed by atoms with van der Waals surface area (Å²) >= 11 is 0. The summed E-state index contributed by atoms with van der Waals surface area (Å²) in [7, 11) is 1.64. The third-order valence-corrected chi connectivity index (χ3v) is 5.11. The van der Waals surface area contributed by atoms with Crippen LogP contribution < -0.4 is 10.1 Å². The number of benzene rings is 1. The number of carbonyl (C=O) groups is 1. The van der Waals surface area contributed by atoms with Gasteiger partial charge in [0.2, 0.25) is 0 Å². The highest BCUT2D eigenvalue weighted by Gasteiger charge is 2.41. The summed E-state index contributed by atoms with van der Waals surface area (Å²) in [5.41, 5.74) is 5.09. The number of nitrogens with one attached hydrogen (secondary N) is 1. The molecule has 3 rings (SSSR count). The van der Waals surface area contributed by atoms with E-state index in [1.807, 2.05) is 32.0 Å². The minimum absolute atomic E-state index is 0.0618. The molecule has 0 fully saturated rings. The largest absolute Gasteiger partial charge is 0.496 e. The van der Waals surface area contributed by atoms with Crippen LogP contribution in [0, 0.1) is 23.7 Å². The number of nitrogens with zero attached hydrogens (tertiary/aromatic N) is 1. The third-order valence-electron chi connectivity index (χ3n) is 5.11. The molecular formula is C21H24N2O2. The fourth-order valence-corrected chi connectivity index (χ4v) is 4.00. The van der Waals surface area contributed by atoms with Crippen LogP contribution in [-0.4, -0.2) is 12.9 Å². The van der Waals surface area contributed by atoms with Gasteiger partial charge in [0.15, 0.2) is 5.78 Å². The van der Waals surface area contributed by atoms with Gasteiger partial charge >= 0.3 is 0 Å². The van der Waals surface area contributed by atoms with E-state index in [9.17, 15) is 10.1 Å². The highest BCUT2D eigenvalue weighted by molar-refractivity contribution is 6.00. The van der Waals surface area contributed by atoms with E-state index in [1.54, 1.807) is 7.11 Å². The highest BCUT2D eigenvalue weighted by atomic mass is 16.5. The quantitative estimate of drug-likeness (QED) is 0.882. The van der Waals surface area contributed by atoms with Crippen molar-refractivity contribution >= 4 is 5.78 Å². The molecule has 0 aromatic heterocycles. The Labute approximate surface area is 149 Å². The Balaban J connectivity index is 2.18. The van der Waals surface area contributed by atoms with Crippen LogP contribution >= 0.6 is 0 Å². The average Bonchev–Trinajstić information content (AvgIpc) is 2.52. The number of carbonyl (C=O) groups excluding carboxylic acids is 1. The predicted molar refractivity (Wildman–Crippen MR) is 97.0 cm³/mol. The average molecular weight is 336 g/mol. The fourth-order valence-electron chi connectivity index (χ4n) is 4.00. The van der Waals surface area contributed by atoms with E-state index >= 15 is 0 Å². The number of hydrogen-bond donors (Lipinski definition) is 1. The minimum atomic E-state index is -0.297. The summed E-state index contributed by atoms with van der Waals surface area (Å²) in [5, 5.41) is 13.1. The molecule has 0 saturated carbocycles. The van der Waals surface area contributed by atoms with Crippen LogP contribution in [0.15, 0.2) is 40.7 Å². The molecule has 0 radical (unpaired) electrons. The number of ketones is 1. The number of rotatable bonds is 2. The van der Waals surface area contributed by atoms with Gasteiger partial charge in [-0.3, -0.25) is 4.79 Å². The summed E-state index contributed by atoms with van der Waals surface area (Å²) in [6.45, 7) is 8.12. The molecule has 2 aliphatic rings. The van der Waals surface area contributed by atoms with Gasteiger partial charge in [0.1, 0.15) is 5.75 Å². The van der Waals surface area contributed by atoms with E-state index in [4.69, 9.17) is 4.74 Å². The number of nitriles is 1.